The zero-order valence-corrected chi connectivity index (χ0v) is 17.8. The summed E-state index contributed by atoms with van der Waals surface area (Å²) in [6, 6.07) is 11.7. The van der Waals surface area contributed by atoms with Gasteiger partial charge in [0.2, 0.25) is 0 Å². The molecule has 0 spiro atoms. The molecule has 0 aliphatic carbocycles. The number of halogens is 1. The molecule has 1 heterocycles. The first kappa shape index (κ1) is 20.8. The molecule has 10 heteroatoms. The van der Waals surface area contributed by atoms with E-state index < -0.39 is 23.4 Å². The monoisotopic (exact) mass is 467 g/mol. The summed E-state index contributed by atoms with van der Waals surface area (Å²) < 4.78 is 52.8. The maximum atomic E-state index is 13.3. The fourth-order valence-corrected chi connectivity index (χ4v) is 7.79. The minimum absolute atomic E-state index is 0.111. The Morgan fingerprint density at radius 1 is 1.12 bits per heavy atom. The Morgan fingerprint density at radius 3 is 2.20 bits per heavy atom. The summed E-state index contributed by atoms with van der Waals surface area (Å²) in [7, 11) is -7.66. The highest BCUT2D eigenvalue weighted by Crippen LogP contribution is 2.60. The zero-order chi connectivity index (χ0) is 18.5. The van der Waals surface area contributed by atoms with Crippen LogP contribution in [0.1, 0.15) is 25.2 Å². The van der Waals surface area contributed by atoms with Gasteiger partial charge in [-0.2, -0.15) is 4.72 Å². The first-order valence-corrected chi connectivity index (χ1v) is 12.2. The molecule has 2 aromatic rings. The fourth-order valence-electron chi connectivity index (χ4n) is 2.14. The second-order valence-electron chi connectivity index (χ2n) is 4.87. The van der Waals surface area contributed by atoms with Crippen molar-refractivity contribution in [1.82, 2.24) is 4.72 Å². The molecule has 0 aliphatic rings. The molecule has 6 nitrogen and oxygen atoms in total. The summed E-state index contributed by atoms with van der Waals surface area (Å²) in [4.78, 5) is 0. The molecule has 1 aromatic heterocycles. The maximum absolute atomic E-state index is 13.3. The van der Waals surface area contributed by atoms with Crippen molar-refractivity contribution in [3.63, 3.8) is 0 Å². The van der Waals surface area contributed by atoms with Crippen LogP contribution in [0.4, 0.5) is 0 Å². The summed E-state index contributed by atoms with van der Waals surface area (Å²) >= 11 is 4.31. The highest BCUT2D eigenvalue weighted by molar-refractivity contribution is 9.11. The van der Waals surface area contributed by atoms with E-state index in [0.717, 1.165) is 11.3 Å². The SMILES string of the molecule is CCOP(=O)(OCC)C(NS(=O)(=O)c1ccc(Br)s1)c1ccccc1. The van der Waals surface area contributed by atoms with E-state index in [1.54, 1.807) is 50.2 Å². The lowest BCUT2D eigenvalue weighted by Gasteiger charge is -2.27. The largest absolute Gasteiger partial charge is 0.352 e. The molecule has 0 fully saturated rings. The van der Waals surface area contributed by atoms with Gasteiger partial charge in [-0.1, -0.05) is 30.3 Å². The van der Waals surface area contributed by atoms with Gasteiger partial charge in [-0.15, -0.1) is 11.3 Å². The van der Waals surface area contributed by atoms with E-state index in [9.17, 15) is 13.0 Å². The topological polar surface area (TPSA) is 81.7 Å². The number of sulfonamides is 1. The van der Waals surface area contributed by atoms with Crippen molar-refractivity contribution in [3.8, 4) is 0 Å². The molecule has 0 amide bonds. The van der Waals surface area contributed by atoms with E-state index in [1.165, 1.54) is 6.07 Å². The number of benzene rings is 1. The maximum Gasteiger partial charge on any atom is 0.352 e. The Balaban J connectivity index is 2.47. The lowest BCUT2D eigenvalue weighted by molar-refractivity contribution is 0.210. The van der Waals surface area contributed by atoms with Gasteiger partial charge in [0.25, 0.3) is 10.0 Å². The molecule has 0 aliphatic heterocycles. The smallest absolute Gasteiger partial charge is 0.308 e. The Labute approximate surface area is 160 Å². The van der Waals surface area contributed by atoms with Crippen LogP contribution in [-0.2, 0) is 23.6 Å². The molecule has 25 heavy (non-hydrogen) atoms. The highest BCUT2D eigenvalue weighted by atomic mass is 79.9. The molecule has 0 saturated heterocycles. The van der Waals surface area contributed by atoms with Crippen molar-refractivity contribution in [2.45, 2.75) is 23.8 Å². The number of hydrogen-bond acceptors (Lipinski definition) is 6. The number of nitrogens with one attached hydrogen (secondary N) is 1. The van der Waals surface area contributed by atoms with Crippen molar-refractivity contribution < 1.29 is 22.0 Å². The summed E-state index contributed by atoms with van der Waals surface area (Å²) in [5.74, 6) is -1.14. The molecule has 2 rings (SSSR count). The van der Waals surface area contributed by atoms with E-state index in [2.05, 4.69) is 20.7 Å². The minimum atomic E-state index is -3.90. The number of hydrogen-bond donors (Lipinski definition) is 1. The molecule has 138 valence electrons. The van der Waals surface area contributed by atoms with Crippen LogP contribution in [0.25, 0.3) is 0 Å². The molecule has 1 atom stereocenters. The number of thiophene rings is 1. The van der Waals surface area contributed by atoms with Crippen LogP contribution >= 0.6 is 34.9 Å². The lowest BCUT2D eigenvalue weighted by Crippen LogP contribution is -2.29. The average Bonchev–Trinajstić information content (AvgIpc) is 3.01. The zero-order valence-electron chi connectivity index (χ0n) is 13.7. The Hall–Kier alpha value is -0.540. The quantitative estimate of drug-likeness (QED) is 0.537. The van der Waals surface area contributed by atoms with Crippen LogP contribution in [0.3, 0.4) is 0 Å². The molecular weight excluding hydrogens is 449 g/mol. The van der Waals surface area contributed by atoms with Crippen molar-refractivity contribution >= 4 is 44.9 Å². The standard InChI is InChI=1S/C15H19BrNO5PS2/c1-3-21-23(18,22-4-2)15(12-8-6-5-7-9-12)17-25(19,20)14-11-10-13(16)24-14/h5-11,15,17H,3-4H2,1-2H3. The fraction of sp³-hybridized carbons (Fsp3) is 0.333. The normalized spacial score (nSPS) is 13.7. The van der Waals surface area contributed by atoms with Gasteiger partial charge in [-0.05, 0) is 47.5 Å². The van der Waals surface area contributed by atoms with Crippen LogP contribution in [0.2, 0.25) is 0 Å². The molecule has 0 radical (unpaired) electrons. The molecular formula is C15H19BrNO5PS2. The Kier molecular flexibility index (Phi) is 7.40. The highest BCUT2D eigenvalue weighted by Gasteiger charge is 2.40. The third kappa shape index (κ3) is 5.23. The van der Waals surface area contributed by atoms with Crippen LogP contribution < -0.4 is 4.72 Å². The van der Waals surface area contributed by atoms with Gasteiger partial charge < -0.3 is 9.05 Å². The van der Waals surface area contributed by atoms with Gasteiger partial charge in [0.1, 0.15) is 9.99 Å². The van der Waals surface area contributed by atoms with Crippen molar-refractivity contribution in [3.05, 3.63) is 51.8 Å². The first-order chi connectivity index (χ1) is 11.8. The number of rotatable bonds is 9. The van der Waals surface area contributed by atoms with E-state index >= 15 is 0 Å². The van der Waals surface area contributed by atoms with Gasteiger partial charge >= 0.3 is 7.60 Å². The predicted molar refractivity (Wildman–Crippen MR) is 102 cm³/mol. The van der Waals surface area contributed by atoms with Gasteiger partial charge in [-0.25, -0.2) is 8.42 Å². The predicted octanol–water partition coefficient (Wildman–Crippen LogP) is 4.75. The second kappa shape index (κ2) is 8.90. The third-order valence-corrected chi connectivity index (χ3v) is 9.14. The average molecular weight is 468 g/mol. The summed E-state index contributed by atoms with van der Waals surface area (Å²) in [5.41, 5.74) is 0.506. The minimum Gasteiger partial charge on any atom is -0.308 e. The van der Waals surface area contributed by atoms with Gasteiger partial charge in [0.15, 0.2) is 0 Å². The van der Waals surface area contributed by atoms with Crippen LogP contribution in [0, 0.1) is 0 Å². The first-order valence-electron chi connectivity index (χ1n) is 7.54. The summed E-state index contributed by atoms with van der Waals surface area (Å²) in [5, 5.41) is 0. The van der Waals surface area contributed by atoms with Crippen LogP contribution in [-0.4, -0.2) is 21.6 Å². The van der Waals surface area contributed by atoms with Gasteiger partial charge in [0.05, 0.1) is 17.0 Å². The molecule has 0 saturated carbocycles. The molecule has 0 bridgehead atoms. The van der Waals surface area contributed by atoms with Gasteiger partial charge in [-0.3, -0.25) is 4.57 Å². The second-order valence-corrected chi connectivity index (χ2v) is 11.4. The van der Waals surface area contributed by atoms with Crippen molar-refractivity contribution in [1.29, 1.82) is 0 Å². The third-order valence-electron chi connectivity index (χ3n) is 3.13. The van der Waals surface area contributed by atoms with Crippen molar-refractivity contribution in [2.24, 2.45) is 0 Å². The molecule has 1 N–H and O–H groups in total. The Morgan fingerprint density at radius 2 is 1.72 bits per heavy atom. The van der Waals surface area contributed by atoms with E-state index in [0.29, 0.717) is 9.35 Å². The summed E-state index contributed by atoms with van der Waals surface area (Å²) in [6.45, 7) is 3.62. The van der Waals surface area contributed by atoms with Crippen LogP contribution in [0.15, 0.2) is 50.5 Å². The van der Waals surface area contributed by atoms with E-state index in [4.69, 9.17) is 9.05 Å². The van der Waals surface area contributed by atoms with Gasteiger partial charge in [0, 0.05) is 0 Å². The Bertz CT molecular complexity index is 831. The summed E-state index contributed by atoms with van der Waals surface area (Å²) in [6.07, 6.45) is 0. The van der Waals surface area contributed by atoms with Crippen LogP contribution in [0.5, 0.6) is 0 Å². The lowest BCUT2D eigenvalue weighted by atomic mass is 10.2. The molecule has 1 unspecified atom stereocenters. The molecule has 1 aromatic carbocycles. The van der Waals surface area contributed by atoms with E-state index in [-0.39, 0.29) is 17.4 Å². The van der Waals surface area contributed by atoms with Crippen molar-refractivity contribution in [2.75, 3.05) is 13.2 Å². The van der Waals surface area contributed by atoms with E-state index in [1.807, 2.05) is 0 Å².